The predicted molar refractivity (Wildman–Crippen MR) is 62.2 cm³/mol. The first-order valence-electron chi connectivity index (χ1n) is 5.27. The van der Waals surface area contributed by atoms with Gasteiger partial charge in [0.25, 0.3) is 5.69 Å². The molecule has 7 heteroatoms. The van der Waals surface area contributed by atoms with Gasteiger partial charge in [-0.3, -0.25) is 19.6 Å². The normalized spacial score (nSPS) is 10.2. The average molecular weight is 246 g/mol. The van der Waals surface area contributed by atoms with Gasteiger partial charge < -0.3 is 0 Å². The summed E-state index contributed by atoms with van der Waals surface area (Å²) in [6.45, 7) is 0.568. The minimum atomic E-state index is -0.433. The molecule has 1 heterocycles. The third-order valence-electron chi connectivity index (χ3n) is 2.45. The lowest BCUT2D eigenvalue weighted by Crippen LogP contribution is -2.02. The van der Waals surface area contributed by atoms with E-state index in [4.69, 9.17) is 0 Å². The minimum Gasteiger partial charge on any atom is -0.296 e. The van der Waals surface area contributed by atoms with E-state index in [0.29, 0.717) is 24.9 Å². The summed E-state index contributed by atoms with van der Waals surface area (Å²) in [6.07, 6.45) is 2.85. The van der Waals surface area contributed by atoms with Gasteiger partial charge in [0.1, 0.15) is 5.69 Å². The molecule has 2 rings (SSSR count). The molecule has 0 spiro atoms. The quantitative estimate of drug-likeness (QED) is 0.449. The number of hydrogen-bond donors (Lipinski definition) is 0. The van der Waals surface area contributed by atoms with Crippen LogP contribution in [0.4, 0.5) is 5.69 Å². The molecule has 0 aliphatic carbocycles. The SMILES string of the molecule is O=Cc1cn(CCc2ccc([N+](=O)[O-])cc2)nn1. The van der Waals surface area contributed by atoms with E-state index in [0.717, 1.165) is 5.56 Å². The fraction of sp³-hybridized carbons (Fsp3) is 0.182. The Morgan fingerprint density at radius 3 is 2.61 bits per heavy atom. The number of nitro groups is 1. The van der Waals surface area contributed by atoms with E-state index in [-0.39, 0.29) is 5.69 Å². The Labute approximate surface area is 102 Å². The summed E-state index contributed by atoms with van der Waals surface area (Å²) in [5, 5.41) is 17.9. The van der Waals surface area contributed by atoms with Crippen molar-refractivity contribution < 1.29 is 9.72 Å². The third kappa shape index (κ3) is 2.76. The van der Waals surface area contributed by atoms with Gasteiger partial charge in [-0.15, -0.1) is 5.10 Å². The van der Waals surface area contributed by atoms with E-state index in [2.05, 4.69) is 10.3 Å². The van der Waals surface area contributed by atoms with Crippen LogP contribution in [0.2, 0.25) is 0 Å². The van der Waals surface area contributed by atoms with Crippen LogP contribution >= 0.6 is 0 Å². The zero-order valence-corrected chi connectivity index (χ0v) is 9.39. The maximum absolute atomic E-state index is 10.5. The Bertz CT molecular complexity index is 562. The maximum Gasteiger partial charge on any atom is 0.269 e. The van der Waals surface area contributed by atoms with Crippen LogP contribution in [0, 0.1) is 10.1 Å². The smallest absolute Gasteiger partial charge is 0.269 e. The molecule has 0 fully saturated rings. The topological polar surface area (TPSA) is 90.9 Å². The number of aldehydes is 1. The number of carbonyl (C=O) groups excluding carboxylic acids is 1. The van der Waals surface area contributed by atoms with Crippen molar-refractivity contribution in [2.45, 2.75) is 13.0 Å². The highest BCUT2D eigenvalue weighted by Gasteiger charge is 2.04. The Kier molecular flexibility index (Phi) is 3.42. The van der Waals surface area contributed by atoms with E-state index in [1.807, 2.05) is 0 Å². The molecule has 0 radical (unpaired) electrons. The van der Waals surface area contributed by atoms with Crippen LogP contribution in [-0.2, 0) is 13.0 Å². The number of aromatic nitrogens is 3. The monoisotopic (exact) mass is 246 g/mol. The van der Waals surface area contributed by atoms with Gasteiger partial charge in [-0.05, 0) is 12.0 Å². The predicted octanol–water partition coefficient (Wildman–Crippen LogP) is 1.24. The first kappa shape index (κ1) is 11.9. The summed E-state index contributed by atoms with van der Waals surface area (Å²) in [6, 6.07) is 6.34. The van der Waals surface area contributed by atoms with Gasteiger partial charge in [-0.1, -0.05) is 17.3 Å². The van der Waals surface area contributed by atoms with Gasteiger partial charge in [0.15, 0.2) is 6.29 Å². The number of rotatable bonds is 5. The van der Waals surface area contributed by atoms with E-state index >= 15 is 0 Å². The second-order valence-electron chi connectivity index (χ2n) is 3.70. The van der Waals surface area contributed by atoms with Crippen molar-refractivity contribution in [3.05, 3.63) is 51.8 Å². The lowest BCUT2D eigenvalue weighted by atomic mass is 10.1. The Morgan fingerprint density at radius 2 is 2.06 bits per heavy atom. The molecule has 2 aromatic rings. The zero-order chi connectivity index (χ0) is 13.0. The Balaban J connectivity index is 1.97. The van der Waals surface area contributed by atoms with Crippen LogP contribution in [0.15, 0.2) is 30.5 Å². The highest BCUT2D eigenvalue weighted by atomic mass is 16.6. The first-order chi connectivity index (χ1) is 8.69. The van der Waals surface area contributed by atoms with Crippen molar-refractivity contribution >= 4 is 12.0 Å². The van der Waals surface area contributed by atoms with Gasteiger partial charge in [0, 0.05) is 18.7 Å². The van der Waals surface area contributed by atoms with Gasteiger partial charge in [-0.25, -0.2) is 0 Å². The van der Waals surface area contributed by atoms with Crippen molar-refractivity contribution in [3.63, 3.8) is 0 Å². The number of hydrogen-bond acceptors (Lipinski definition) is 5. The standard InChI is InChI=1S/C11H10N4O3/c16-8-10-7-14(13-12-10)6-5-9-1-3-11(4-2-9)15(17)18/h1-4,7-8H,5-6H2. The summed E-state index contributed by atoms with van der Waals surface area (Å²) in [5.41, 5.74) is 1.32. The summed E-state index contributed by atoms with van der Waals surface area (Å²) in [4.78, 5) is 20.5. The number of aryl methyl sites for hydroxylation is 2. The van der Waals surface area contributed by atoms with E-state index in [1.165, 1.54) is 12.1 Å². The molecule has 1 aromatic heterocycles. The molecule has 0 unspecified atom stereocenters. The molecule has 92 valence electrons. The summed E-state index contributed by atoms with van der Waals surface area (Å²) in [5.74, 6) is 0. The van der Waals surface area contributed by atoms with E-state index in [9.17, 15) is 14.9 Å². The van der Waals surface area contributed by atoms with Crippen LogP contribution < -0.4 is 0 Å². The van der Waals surface area contributed by atoms with Crippen LogP contribution in [0.1, 0.15) is 16.1 Å². The molecule has 0 saturated heterocycles. The molecule has 0 amide bonds. The lowest BCUT2D eigenvalue weighted by molar-refractivity contribution is -0.384. The number of non-ortho nitro benzene ring substituents is 1. The molecule has 0 saturated carbocycles. The molecule has 0 N–H and O–H groups in total. The van der Waals surface area contributed by atoms with Crippen molar-refractivity contribution in [1.29, 1.82) is 0 Å². The van der Waals surface area contributed by atoms with Gasteiger partial charge in [-0.2, -0.15) is 0 Å². The van der Waals surface area contributed by atoms with Crippen LogP contribution in [0.25, 0.3) is 0 Å². The summed E-state index contributed by atoms with van der Waals surface area (Å²) < 4.78 is 1.56. The molecule has 0 bridgehead atoms. The molecule has 0 aliphatic rings. The highest BCUT2D eigenvalue weighted by Crippen LogP contribution is 2.12. The lowest BCUT2D eigenvalue weighted by Gasteiger charge is -2.00. The molecule has 18 heavy (non-hydrogen) atoms. The van der Waals surface area contributed by atoms with Crippen molar-refractivity contribution in [2.24, 2.45) is 0 Å². The van der Waals surface area contributed by atoms with Crippen LogP contribution in [0.3, 0.4) is 0 Å². The second-order valence-corrected chi connectivity index (χ2v) is 3.70. The molecule has 0 atom stereocenters. The van der Waals surface area contributed by atoms with Gasteiger partial charge in [0.05, 0.1) is 11.1 Å². The fourth-order valence-electron chi connectivity index (χ4n) is 1.50. The molecule has 0 aliphatic heterocycles. The maximum atomic E-state index is 10.5. The van der Waals surface area contributed by atoms with E-state index < -0.39 is 4.92 Å². The number of nitrogens with zero attached hydrogens (tertiary/aromatic N) is 4. The first-order valence-corrected chi connectivity index (χ1v) is 5.27. The minimum absolute atomic E-state index is 0.0720. The van der Waals surface area contributed by atoms with Crippen molar-refractivity contribution in [3.8, 4) is 0 Å². The fourth-order valence-corrected chi connectivity index (χ4v) is 1.50. The number of nitro benzene ring substituents is 1. The Morgan fingerprint density at radius 1 is 1.33 bits per heavy atom. The second kappa shape index (κ2) is 5.17. The number of benzene rings is 1. The molecular weight excluding hydrogens is 236 g/mol. The average Bonchev–Trinajstić information content (AvgIpc) is 2.85. The summed E-state index contributed by atoms with van der Waals surface area (Å²) in [7, 11) is 0. The molecule has 7 nitrogen and oxygen atoms in total. The third-order valence-corrected chi connectivity index (χ3v) is 2.45. The molecular formula is C11H10N4O3. The largest absolute Gasteiger partial charge is 0.296 e. The summed E-state index contributed by atoms with van der Waals surface area (Å²) >= 11 is 0. The van der Waals surface area contributed by atoms with E-state index in [1.54, 1.807) is 23.0 Å². The zero-order valence-electron chi connectivity index (χ0n) is 9.39. The van der Waals surface area contributed by atoms with Crippen molar-refractivity contribution in [1.82, 2.24) is 15.0 Å². The highest BCUT2D eigenvalue weighted by molar-refractivity contribution is 5.70. The van der Waals surface area contributed by atoms with Crippen LogP contribution in [-0.4, -0.2) is 26.2 Å². The molecule has 1 aromatic carbocycles. The van der Waals surface area contributed by atoms with Crippen LogP contribution in [0.5, 0.6) is 0 Å². The van der Waals surface area contributed by atoms with Crippen molar-refractivity contribution in [2.75, 3.05) is 0 Å². The number of carbonyl (C=O) groups is 1. The van der Waals surface area contributed by atoms with Gasteiger partial charge in [0.2, 0.25) is 0 Å². The Hall–Kier alpha value is -2.57. The van der Waals surface area contributed by atoms with Gasteiger partial charge >= 0.3 is 0 Å².